The summed E-state index contributed by atoms with van der Waals surface area (Å²) in [5, 5.41) is 0. The molecule has 0 spiro atoms. The minimum absolute atomic E-state index is 0. The maximum absolute atomic E-state index is 2.27. The summed E-state index contributed by atoms with van der Waals surface area (Å²) in [5.74, 6) is 0. The largest absolute Gasteiger partial charge is 0.358 e. The van der Waals surface area contributed by atoms with E-state index in [-0.39, 0.29) is 56.2 Å². The molecule has 0 fully saturated rings. The Morgan fingerprint density at radius 3 is 0.429 bits per heavy atom. The van der Waals surface area contributed by atoms with Gasteiger partial charge in [-0.25, -0.2) is 0 Å². The molecule has 0 aliphatic rings. The Morgan fingerprint density at radius 2 is 0.429 bits per heavy atom. The van der Waals surface area contributed by atoms with E-state index in [9.17, 15) is 0 Å². The third-order valence-electron chi connectivity index (χ3n) is 0. The van der Waals surface area contributed by atoms with Gasteiger partial charge in [0.15, 0.2) is 0 Å². The number of hydrogen-bond donors (Lipinski definition) is 0. The molecule has 0 rings (SSSR count). The van der Waals surface area contributed by atoms with Gasteiger partial charge in [-0.3, -0.25) is 0 Å². The summed E-state index contributed by atoms with van der Waals surface area (Å²) < 4.78 is 0. The van der Waals surface area contributed by atoms with Gasteiger partial charge < -0.3 is 7.43 Å². The van der Waals surface area contributed by atoms with E-state index in [1.807, 2.05) is 0 Å². The van der Waals surface area contributed by atoms with Gasteiger partial charge in [-0.2, -0.15) is 0 Å². The Balaban J connectivity index is -0.0000000270. The van der Waals surface area contributed by atoms with Crippen molar-refractivity contribution in [1.82, 2.24) is 0 Å². The van der Waals surface area contributed by atoms with Gasteiger partial charge in [-0.15, -0.1) is 0 Å². The van der Waals surface area contributed by atoms with Gasteiger partial charge in [0.25, 0.3) is 0 Å². The van der Waals surface area contributed by atoms with Gasteiger partial charge in [0.05, 0.1) is 0 Å². The quantitative estimate of drug-likeness (QED) is 0.402. The molecule has 0 saturated carbocycles. The first-order valence-corrected chi connectivity index (χ1v) is 13.5. The normalized spacial score (nSPS) is 7.71. The smallest absolute Gasteiger partial charge is 0.0379 e. The predicted octanol–water partition coefficient (Wildman–Crippen LogP) is 4.56. The van der Waals surface area contributed by atoms with E-state index in [0.717, 1.165) is 0 Å². The van der Waals surface area contributed by atoms with Gasteiger partial charge in [-0.1, -0.05) is 58.9 Å². The van der Waals surface area contributed by atoms with E-state index in [1.165, 1.54) is 0 Å². The molecule has 0 aromatic heterocycles. The fourth-order valence-electron chi connectivity index (χ4n) is 0. The molecular formula is C10H30Si3Ta-. The Labute approximate surface area is 115 Å². The molecule has 0 unspecified atom stereocenters. The minimum atomic E-state index is 0. The van der Waals surface area contributed by atoms with Gasteiger partial charge >= 0.3 is 0 Å². The van der Waals surface area contributed by atoms with Crippen LogP contribution in [-0.4, -0.2) is 26.4 Å². The van der Waals surface area contributed by atoms with Crippen LogP contribution in [0.3, 0.4) is 0 Å². The van der Waals surface area contributed by atoms with Crippen molar-refractivity contribution in [2.45, 2.75) is 58.9 Å². The van der Waals surface area contributed by atoms with E-state index in [1.54, 1.807) is 0 Å². The van der Waals surface area contributed by atoms with E-state index >= 15 is 0 Å². The third-order valence-corrected chi connectivity index (χ3v) is 0. The minimum Gasteiger partial charge on any atom is -0.358 e. The van der Waals surface area contributed by atoms with Crippen LogP contribution in [-0.2, 0) is 22.4 Å². The molecule has 14 heavy (non-hydrogen) atoms. The van der Waals surface area contributed by atoms with E-state index in [0.29, 0.717) is 0 Å². The van der Waals surface area contributed by atoms with Crippen molar-refractivity contribution >= 4 is 26.4 Å². The molecular weight excluding hydrogens is 385 g/mol. The van der Waals surface area contributed by atoms with Crippen molar-refractivity contribution in [3.63, 3.8) is 0 Å². The molecule has 0 bridgehead atoms. The molecule has 0 N–H and O–H groups in total. The zero-order chi connectivity index (χ0) is 10.7. The summed E-state index contributed by atoms with van der Waals surface area (Å²) in [6, 6.07) is 0. The van der Waals surface area contributed by atoms with Crippen LogP contribution in [0.4, 0.5) is 0 Å². The first-order valence-electron chi connectivity index (χ1n) is 4.50. The monoisotopic (exact) mass is 415 g/mol. The van der Waals surface area contributed by atoms with Crippen molar-refractivity contribution in [2.75, 3.05) is 0 Å². The van der Waals surface area contributed by atoms with Crippen LogP contribution in [0.25, 0.3) is 0 Å². The van der Waals surface area contributed by atoms with Crippen molar-refractivity contribution in [3.05, 3.63) is 7.43 Å². The number of rotatable bonds is 0. The van der Waals surface area contributed by atoms with E-state index in [2.05, 4.69) is 58.9 Å². The molecule has 0 atom stereocenters. The molecule has 0 heterocycles. The molecule has 0 amide bonds. The van der Waals surface area contributed by atoms with Crippen molar-refractivity contribution in [1.29, 1.82) is 0 Å². The van der Waals surface area contributed by atoms with Gasteiger partial charge in [0.2, 0.25) is 0 Å². The van der Waals surface area contributed by atoms with Crippen LogP contribution < -0.4 is 0 Å². The van der Waals surface area contributed by atoms with E-state index in [4.69, 9.17) is 0 Å². The summed E-state index contributed by atoms with van der Waals surface area (Å²) >= 11 is 0. The SMILES string of the molecule is C[Si](C)C.C[Si](C)C.C[Si](C)C.[CH3-].[Ta]. The predicted molar refractivity (Wildman–Crippen MR) is 76.5 cm³/mol. The molecule has 0 nitrogen and oxygen atoms in total. The first kappa shape index (κ1) is 29.5. The van der Waals surface area contributed by atoms with Crippen LogP contribution in [0.2, 0.25) is 58.9 Å². The summed E-state index contributed by atoms with van der Waals surface area (Å²) in [5.41, 5.74) is 0. The standard InChI is InChI=1S/3C3H9Si.CH3.Ta/c3*1-4(2)3;;/h3*1-3H3;1H3;/q;;;-1;. The van der Waals surface area contributed by atoms with Crippen molar-refractivity contribution in [3.8, 4) is 0 Å². The zero-order valence-electron chi connectivity index (χ0n) is 11.9. The second-order valence-electron chi connectivity index (χ2n) is 4.50. The molecule has 4 radical (unpaired) electrons. The third kappa shape index (κ3) is 1060. The molecule has 88 valence electrons. The molecule has 0 saturated heterocycles. The summed E-state index contributed by atoms with van der Waals surface area (Å²) in [6.07, 6.45) is 0. The van der Waals surface area contributed by atoms with Crippen LogP contribution in [0.5, 0.6) is 0 Å². The maximum Gasteiger partial charge on any atom is 0.0379 e. The summed E-state index contributed by atoms with van der Waals surface area (Å²) in [4.78, 5) is 0. The maximum atomic E-state index is 2.27. The Kier molecular flexibility index (Phi) is 50.4. The van der Waals surface area contributed by atoms with Crippen LogP contribution >= 0.6 is 0 Å². The van der Waals surface area contributed by atoms with E-state index < -0.39 is 0 Å². The molecule has 4 heteroatoms. The van der Waals surface area contributed by atoms with Gasteiger partial charge in [0, 0.05) is 48.8 Å². The first-order chi connectivity index (χ1) is 5.20. The Morgan fingerprint density at radius 1 is 0.429 bits per heavy atom. The fourth-order valence-corrected chi connectivity index (χ4v) is 0. The second-order valence-corrected chi connectivity index (χ2v) is 13.5. The average molecular weight is 416 g/mol. The fraction of sp³-hybridized carbons (Fsp3) is 0.900. The topological polar surface area (TPSA) is 0 Å². The molecule has 0 aromatic rings. The summed E-state index contributed by atoms with van der Waals surface area (Å²) in [7, 11) is 0.361. The Bertz CT molecular complexity index is 43.9. The zero-order valence-corrected chi connectivity index (χ0v) is 18.2. The van der Waals surface area contributed by atoms with Crippen molar-refractivity contribution in [2.24, 2.45) is 0 Å². The Hall–Kier alpha value is 1.39. The van der Waals surface area contributed by atoms with Crippen LogP contribution in [0, 0.1) is 7.43 Å². The molecule has 0 aromatic carbocycles. The van der Waals surface area contributed by atoms with Crippen LogP contribution in [0.1, 0.15) is 0 Å². The van der Waals surface area contributed by atoms with Gasteiger partial charge in [0.1, 0.15) is 0 Å². The number of hydrogen-bond acceptors (Lipinski definition) is 0. The summed E-state index contributed by atoms with van der Waals surface area (Å²) in [6.45, 7) is 20.4. The van der Waals surface area contributed by atoms with Crippen LogP contribution in [0.15, 0.2) is 0 Å². The molecule has 0 aliphatic heterocycles. The average Bonchev–Trinajstić information content (AvgIpc) is 1.54. The van der Waals surface area contributed by atoms with Gasteiger partial charge in [-0.05, 0) is 0 Å². The molecule has 0 aliphatic carbocycles. The van der Waals surface area contributed by atoms with Crippen molar-refractivity contribution < 1.29 is 22.4 Å². The second kappa shape index (κ2) is 23.9.